The van der Waals surface area contributed by atoms with E-state index in [-0.39, 0.29) is 11.7 Å². The van der Waals surface area contributed by atoms with Crippen molar-refractivity contribution >= 4 is 11.8 Å². The highest BCUT2D eigenvalue weighted by Gasteiger charge is 2.22. The first-order chi connectivity index (χ1) is 10.7. The van der Waals surface area contributed by atoms with Gasteiger partial charge in [-0.25, -0.2) is 4.79 Å². The Labute approximate surface area is 128 Å². The highest BCUT2D eigenvalue weighted by atomic mass is 16.5. The molecule has 0 spiro atoms. The Balaban J connectivity index is 1.80. The SMILES string of the molecule is COC(=O)c1ccc(NC2CCOc3ccc(C)cc32)nn1. The summed E-state index contributed by atoms with van der Waals surface area (Å²) in [5, 5.41) is 11.2. The lowest BCUT2D eigenvalue weighted by Gasteiger charge is -2.27. The van der Waals surface area contributed by atoms with Gasteiger partial charge >= 0.3 is 5.97 Å². The Hall–Kier alpha value is -2.63. The third-order valence-electron chi connectivity index (χ3n) is 3.59. The molecule has 1 aromatic heterocycles. The first kappa shape index (κ1) is 14.3. The number of ether oxygens (including phenoxy) is 2. The fourth-order valence-corrected chi connectivity index (χ4v) is 2.46. The molecule has 1 unspecified atom stereocenters. The summed E-state index contributed by atoms with van der Waals surface area (Å²) in [5.41, 5.74) is 2.49. The van der Waals surface area contributed by atoms with Crippen LogP contribution in [0.1, 0.15) is 34.1 Å². The van der Waals surface area contributed by atoms with Gasteiger partial charge in [0.15, 0.2) is 5.69 Å². The summed E-state index contributed by atoms with van der Waals surface area (Å²) in [5.74, 6) is 1.02. The molecule has 2 aromatic rings. The molecule has 2 heterocycles. The number of carbonyl (C=O) groups excluding carboxylic acids is 1. The van der Waals surface area contributed by atoms with Gasteiger partial charge in [-0.3, -0.25) is 0 Å². The van der Waals surface area contributed by atoms with Crippen LogP contribution in [0.25, 0.3) is 0 Å². The predicted octanol–water partition coefficient (Wildman–Crippen LogP) is 2.51. The number of esters is 1. The van der Waals surface area contributed by atoms with Gasteiger partial charge in [-0.15, -0.1) is 10.2 Å². The zero-order valence-corrected chi connectivity index (χ0v) is 12.5. The van der Waals surface area contributed by atoms with E-state index in [9.17, 15) is 4.79 Å². The van der Waals surface area contributed by atoms with Crippen LogP contribution < -0.4 is 10.1 Å². The van der Waals surface area contributed by atoms with Crippen LogP contribution >= 0.6 is 0 Å². The van der Waals surface area contributed by atoms with Crippen molar-refractivity contribution in [3.63, 3.8) is 0 Å². The summed E-state index contributed by atoms with van der Waals surface area (Å²) >= 11 is 0. The first-order valence-electron chi connectivity index (χ1n) is 7.09. The number of rotatable bonds is 3. The second kappa shape index (κ2) is 6.01. The van der Waals surface area contributed by atoms with Gasteiger partial charge in [0.1, 0.15) is 11.6 Å². The van der Waals surface area contributed by atoms with Gasteiger partial charge < -0.3 is 14.8 Å². The number of aryl methyl sites for hydroxylation is 1. The molecule has 0 saturated heterocycles. The third kappa shape index (κ3) is 2.86. The minimum Gasteiger partial charge on any atom is -0.493 e. The lowest BCUT2D eigenvalue weighted by molar-refractivity contribution is 0.0593. The van der Waals surface area contributed by atoms with E-state index in [0.717, 1.165) is 17.7 Å². The monoisotopic (exact) mass is 299 g/mol. The molecule has 1 N–H and O–H groups in total. The Kier molecular flexibility index (Phi) is 3.91. The van der Waals surface area contributed by atoms with E-state index in [1.54, 1.807) is 12.1 Å². The molecule has 3 rings (SSSR count). The van der Waals surface area contributed by atoms with Crippen molar-refractivity contribution in [1.29, 1.82) is 0 Å². The number of fused-ring (bicyclic) bond motifs is 1. The molecule has 1 aromatic carbocycles. The molecule has 0 bridgehead atoms. The summed E-state index contributed by atoms with van der Waals surface area (Å²) in [6.45, 7) is 2.71. The zero-order valence-electron chi connectivity index (χ0n) is 12.5. The van der Waals surface area contributed by atoms with Crippen LogP contribution in [0.4, 0.5) is 5.82 Å². The van der Waals surface area contributed by atoms with Gasteiger partial charge in [0, 0.05) is 12.0 Å². The number of nitrogens with zero attached hydrogens (tertiary/aromatic N) is 2. The number of carbonyl (C=O) groups is 1. The number of nitrogens with one attached hydrogen (secondary N) is 1. The van der Waals surface area contributed by atoms with E-state index < -0.39 is 5.97 Å². The van der Waals surface area contributed by atoms with Crippen molar-refractivity contribution < 1.29 is 14.3 Å². The highest BCUT2D eigenvalue weighted by Crippen LogP contribution is 2.34. The molecule has 0 saturated carbocycles. The van der Waals surface area contributed by atoms with Crippen molar-refractivity contribution in [2.24, 2.45) is 0 Å². The maximum atomic E-state index is 11.4. The summed E-state index contributed by atoms with van der Waals surface area (Å²) in [7, 11) is 1.32. The maximum absolute atomic E-state index is 11.4. The molecule has 6 nitrogen and oxygen atoms in total. The van der Waals surface area contributed by atoms with E-state index in [0.29, 0.717) is 12.4 Å². The average molecular weight is 299 g/mol. The van der Waals surface area contributed by atoms with Crippen LogP contribution in [-0.2, 0) is 4.74 Å². The number of benzene rings is 1. The van der Waals surface area contributed by atoms with Gasteiger partial charge in [-0.05, 0) is 25.1 Å². The van der Waals surface area contributed by atoms with Crippen molar-refractivity contribution in [2.45, 2.75) is 19.4 Å². The van der Waals surface area contributed by atoms with E-state index >= 15 is 0 Å². The number of methoxy groups -OCH3 is 1. The van der Waals surface area contributed by atoms with Gasteiger partial charge in [0.05, 0.1) is 19.8 Å². The van der Waals surface area contributed by atoms with Crippen LogP contribution in [0.2, 0.25) is 0 Å². The number of hydrogen-bond acceptors (Lipinski definition) is 6. The second-order valence-electron chi connectivity index (χ2n) is 5.17. The lowest BCUT2D eigenvalue weighted by Crippen LogP contribution is -2.21. The smallest absolute Gasteiger partial charge is 0.358 e. The molecular weight excluding hydrogens is 282 g/mol. The zero-order chi connectivity index (χ0) is 15.5. The molecule has 1 aliphatic heterocycles. The Bertz CT molecular complexity index is 686. The minimum atomic E-state index is -0.494. The molecule has 22 heavy (non-hydrogen) atoms. The summed E-state index contributed by atoms with van der Waals surface area (Å²) in [6.07, 6.45) is 0.844. The highest BCUT2D eigenvalue weighted by molar-refractivity contribution is 5.86. The molecular formula is C16H17N3O3. The molecule has 1 atom stereocenters. The van der Waals surface area contributed by atoms with Crippen LogP contribution in [0.5, 0.6) is 5.75 Å². The van der Waals surface area contributed by atoms with Gasteiger partial charge in [-0.2, -0.15) is 0 Å². The summed E-state index contributed by atoms with van der Waals surface area (Å²) in [4.78, 5) is 11.4. The molecule has 0 fully saturated rings. The molecule has 0 amide bonds. The average Bonchev–Trinajstić information content (AvgIpc) is 2.55. The topological polar surface area (TPSA) is 73.3 Å². The largest absolute Gasteiger partial charge is 0.493 e. The van der Waals surface area contributed by atoms with Crippen LogP contribution in [0, 0.1) is 6.92 Å². The standard InChI is InChI=1S/C16H17N3O3/c1-10-3-5-14-11(9-10)12(7-8-22-14)17-15-6-4-13(18-19-15)16(20)21-2/h3-6,9,12H,7-8H2,1-2H3,(H,17,19). The lowest BCUT2D eigenvalue weighted by atomic mass is 9.98. The first-order valence-corrected chi connectivity index (χ1v) is 7.09. The van der Waals surface area contributed by atoms with Crippen molar-refractivity contribution in [3.05, 3.63) is 47.2 Å². The number of hydrogen-bond donors (Lipinski definition) is 1. The van der Waals surface area contributed by atoms with Crippen LogP contribution in [0.3, 0.4) is 0 Å². The quantitative estimate of drug-likeness (QED) is 0.878. The third-order valence-corrected chi connectivity index (χ3v) is 3.59. The summed E-state index contributed by atoms with van der Waals surface area (Å²) < 4.78 is 10.3. The number of aromatic nitrogens is 2. The fourth-order valence-electron chi connectivity index (χ4n) is 2.46. The second-order valence-corrected chi connectivity index (χ2v) is 5.17. The van der Waals surface area contributed by atoms with E-state index in [1.807, 2.05) is 12.1 Å². The fraction of sp³-hybridized carbons (Fsp3) is 0.312. The minimum absolute atomic E-state index is 0.113. The van der Waals surface area contributed by atoms with Crippen molar-refractivity contribution in [1.82, 2.24) is 10.2 Å². The van der Waals surface area contributed by atoms with Gasteiger partial charge in [-0.1, -0.05) is 17.7 Å². The Morgan fingerprint density at radius 3 is 2.91 bits per heavy atom. The normalized spacial score (nSPS) is 16.4. The van der Waals surface area contributed by atoms with E-state index in [1.165, 1.54) is 12.7 Å². The van der Waals surface area contributed by atoms with Crippen molar-refractivity contribution in [2.75, 3.05) is 19.0 Å². The molecule has 114 valence electrons. The molecule has 0 aliphatic carbocycles. The number of anilines is 1. The molecule has 0 radical (unpaired) electrons. The Morgan fingerprint density at radius 1 is 1.32 bits per heavy atom. The van der Waals surface area contributed by atoms with Gasteiger partial charge in [0.25, 0.3) is 0 Å². The van der Waals surface area contributed by atoms with Crippen LogP contribution in [0.15, 0.2) is 30.3 Å². The van der Waals surface area contributed by atoms with Crippen LogP contribution in [-0.4, -0.2) is 29.9 Å². The van der Waals surface area contributed by atoms with E-state index in [4.69, 9.17) is 4.74 Å². The predicted molar refractivity (Wildman–Crippen MR) is 81.0 cm³/mol. The Morgan fingerprint density at radius 2 is 2.18 bits per heavy atom. The van der Waals surface area contributed by atoms with Gasteiger partial charge in [0.2, 0.25) is 0 Å². The maximum Gasteiger partial charge on any atom is 0.358 e. The molecule has 1 aliphatic rings. The summed E-state index contributed by atoms with van der Waals surface area (Å²) in [6, 6.07) is 9.57. The van der Waals surface area contributed by atoms with Crippen molar-refractivity contribution in [3.8, 4) is 5.75 Å². The molecule has 6 heteroatoms. The van der Waals surface area contributed by atoms with E-state index in [2.05, 4.69) is 33.2 Å².